The lowest BCUT2D eigenvalue weighted by atomic mass is 9.96. The topological polar surface area (TPSA) is 107 Å². The number of carboxylic acid groups (broad SMARTS) is 1. The molecular formula is C31H25ClN2O6S. The third kappa shape index (κ3) is 6.01. The number of rotatable bonds is 8. The van der Waals surface area contributed by atoms with Gasteiger partial charge in [0, 0.05) is 5.02 Å². The Morgan fingerprint density at radius 2 is 1.83 bits per heavy atom. The Labute approximate surface area is 244 Å². The first-order valence-electron chi connectivity index (χ1n) is 12.8. The lowest BCUT2D eigenvalue weighted by Crippen LogP contribution is -2.39. The molecule has 41 heavy (non-hydrogen) atoms. The molecule has 0 unspecified atom stereocenters. The van der Waals surface area contributed by atoms with Crippen LogP contribution in [0.1, 0.15) is 46.9 Å². The van der Waals surface area contributed by atoms with Crippen molar-refractivity contribution in [2.75, 3.05) is 6.61 Å². The van der Waals surface area contributed by atoms with Gasteiger partial charge in [0.25, 0.3) is 5.56 Å². The molecular weight excluding hydrogens is 564 g/mol. The van der Waals surface area contributed by atoms with E-state index in [0.29, 0.717) is 31.4 Å². The Morgan fingerprint density at radius 1 is 1.10 bits per heavy atom. The molecule has 0 saturated heterocycles. The standard InChI is InChI=1S/C31H25ClN2O6S/c1-3-39-30(38)26-18(2)33-31-34(27(26)21-9-11-23(32)12-10-21)28(35)25(41-31)16-19-7-13-24(14-8-19)40-17-20-5-4-6-22(15-20)29(36)37/h4-16,27H,3,17H2,1-2H3,(H,36,37)/b25-16-/t27-/m1/s1. The van der Waals surface area contributed by atoms with Gasteiger partial charge in [-0.05, 0) is 73.0 Å². The van der Waals surface area contributed by atoms with E-state index in [4.69, 9.17) is 21.1 Å². The second kappa shape index (κ2) is 12.0. The SMILES string of the molecule is CCOC(=O)C1=C(C)N=c2s/c(=C\c3ccc(OCc4cccc(C(=O)O)c4)cc3)c(=O)n2[C@@H]1c1ccc(Cl)cc1. The highest BCUT2D eigenvalue weighted by atomic mass is 35.5. The first kappa shape index (κ1) is 28.1. The molecule has 0 aliphatic carbocycles. The molecule has 208 valence electrons. The van der Waals surface area contributed by atoms with E-state index in [1.807, 2.05) is 12.1 Å². The summed E-state index contributed by atoms with van der Waals surface area (Å²) >= 11 is 7.35. The smallest absolute Gasteiger partial charge is 0.338 e. The van der Waals surface area contributed by atoms with Gasteiger partial charge in [0.2, 0.25) is 0 Å². The van der Waals surface area contributed by atoms with Gasteiger partial charge in [-0.15, -0.1) is 0 Å². The van der Waals surface area contributed by atoms with Gasteiger partial charge in [-0.25, -0.2) is 14.6 Å². The van der Waals surface area contributed by atoms with Gasteiger partial charge in [0.1, 0.15) is 12.4 Å². The van der Waals surface area contributed by atoms with Crippen molar-refractivity contribution in [2.24, 2.45) is 4.99 Å². The van der Waals surface area contributed by atoms with Gasteiger partial charge in [0.15, 0.2) is 4.80 Å². The summed E-state index contributed by atoms with van der Waals surface area (Å²) in [7, 11) is 0. The highest BCUT2D eigenvalue weighted by Crippen LogP contribution is 2.31. The van der Waals surface area contributed by atoms with Gasteiger partial charge in [-0.1, -0.05) is 59.3 Å². The molecule has 2 heterocycles. The average molecular weight is 589 g/mol. The molecule has 1 aliphatic heterocycles. The number of thiazole rings is 1. The van der Waals surface area contributed by atoms with E-state index in [1.54, 1.807) is 74.5 Å². The Morgan fingerprint density at radius 3 is 2.51 bits per heavy atom. The van der Waals surface area contributed by atoms with Crippen LogP contribution in [0.2, 0.25) is 5.02 Å². The van der Waals surface area contributed by atoms with Gasteiger partial charge in [0.05, 0.1) is 34.0 Å². The maximum absolute atomic E-state index is 13.7. The zero-order chi connectivity index (χ0) is 29.1. The zero-order valence-corrected chi connectivity index (χ0v) is 23.7. The van der Waals surface area contributed by atoms with Crippen molar-refractivity contribution >= 4 is 41.0 Å². The van der Waals surface area contributed by atoms with E-state index in [9.17, 15) is 19.5 Å². The molecule has 0 amide bonds. The van der Waals surface area contributed by atoms with Gasteiger partial charge in [-0.3, -0.25) is 9.36 Å². The van der Waals surface area contributed by atoms with Crippen molar-refractivity contribution in [2.45, 2.75) is 26.5 Å². The molecule has 5 rings (SSSR count). The predicted molar refractivity (Wildman–Crippen MR) is 156 cm³/mol. The summed E-state index contributed by atoms with van der Waals surface area (Å²) < 4.78 is 13.1. The molecule has 1 aromatic heterocycles. The van der Waals surface area contributed by atoms with Crippen molar-refractivity contribution < 1.29 is 24.2 Å². The van der Waals surface area contributed by atoms with Crippen LogP contribution in [0, 0.1) is 0 Å². The third-order valence-corrected chi connectivity index (χ3v) is 7.69. The average Bonchev–Trinajstić information content (AvgIpc) is 3.26. The van der Waals surface area contributed by atoms with Crippen molar-refractivity contribution in [3.63, 3.8) is 0 Å². The highest BCUT2D eigenvalue weighted by Gasteiger charge is 2.33. The fourth-order valence-corrected chi connectivity index (χ4v) is 5.70. The maximum atomic E-state index is 13.7. The van der Waals surface area contributed by atoms with Crippen molar-refractivity contribution in [3.05, 3.63) is 131 Å². The Kier molecular flexibility index (Phi) is 8.19. The number of carbonyl (C=O) groups excluding carboxylic acids is 1. The molecule has 1 N–H and O–H groups in total. The van der Waals surface area contributed by atoms with Crippen LogP contribution >= 0.6 is 22.9 Å². The first-order chi connectivity index (χ1) is 19.7. The fourth-order valence-electron chi connectivity index (χ4n) is 4.52. The molecule has 0 spiro atoms. The number of aromatic nitrogens is 1. The Hall–Kier alpha value is -4.47. The largest absolute Gasteiger partial charge is 0.489 e. The molecule has 3 aromatic carbocycles. The molecule has 4 aromatic rings. The molecule has 1 aliphatic rings. The molecule has 1 atom stereocenters. The number of carboxylic acids is 1. The number of fused-ring (bicyclic) bond motifs is 1. The Bertz CT molecular complexity index is 1840. The van der Waals surface area contributed by atoms with E-state index < -0.39 is 18.0 Å². The number of halogens is 1. The summed E-state index contributed by atoms with van der Waals surface area (Å²) in [6.45, 7) is 3.88. The zero-order valence-electron chi connectivity index (χ0n) is 22.2. The number of allylic oxidation sites excluding steroid dienone is 1. The normalized spacial score (nSPS) is 14.8. The number of benzene rings is 3. The fraction of sp³-hybridized carbons (Fsp3) is 0.161. The van der Waals surface area contributed by atoms with Crippen molar-refractivity contribution in [1.29, 1.82) is 0 Å². The third-order valence-electron chi connectivity index (χ3n) is 6.46. The van der Waals surface area contributed by atoms with Crippen molar-refractivity contribution in [3.8, 4) is 5.75 Å². The second-order valence-electron chi connectivity index (χ2n) is 9.22. The van der Waals surface area contributed by atoms with Crippen LogP contribution in [0.4, 0.5) is 0 Å². The summed E-state index contributed by atoms with van der Waals surface area (Å²) in [4.78, 5) is 43.0. The van der Waals surface area contributed by atoms with Gasteiger partial charge < -0.3 is 14.6 Å². The lowest BCUT2D eigenvalue weighted by Gasteiger charge is -2.24. The monoisotopic (exact) mass is 588 g/mol. The van der Waals surface area contributed by atoms with Crippen LogP contribution < -0.4 is 19.6 Å². The summed E-state index contributed by atoms with van der Waals surface area (Å²) in [5.74, 6) is -0.914. The van der Waals surface area contributed by atoms with Crippen LogP contribution in [-0.4, -0.2) is 28.2 Å². The van der Waals surface area contributed by atoms with E-state index in [1.165, 1.54) is 22.0 Å². The number of hydrogen-bond donors (Lipinski definition) is 1. The number of aromatic carboxylic acids is 1. The molecule has 0 bridgehead atoms. The van der Waals surface area contributed by atoms with Crippen LogP contribution in [-0.2, 0) is 16.1 Å². The van der Waals surface area contributed by atoms with Crippen LogP contribution in [0.25, 0.3) is 6.08 Å². The van der Waals surface area contributed by atoms with Crippen molar-refractivity contribution in [1.82, 2.24) is 4.57 Å². The van der Waals surface area contributed by atoms with Gasteiger partial charge >= 0.3 is 11.9 Å². The lowest BCUT2D eigenvalue weighted by molar-refractivity contribution is -0.139. The molecule has 0 radical (unpaired) electrons. The summed E-state index contributed by atoms with van der Waals surface area (Å²) in [5, 5.41) is 9.72. The number of esters is 1. The minimum atomic E-state index is -0.992. The summed E-state index contributed by atoms with van der Waals surface area (Å²) in [6.07, 6.45) is 1.77. The number of carbonyl (C=O) groups is 2. The van der Waals surface area contributed by atoms with Gasteiger partial charge in [-0.2, -0.15) is 0 Å². The summed E-state index contributed by atoms with van der Waals surface area (Å²) in [6, 6.07) is 20.1. The Balaban J connectivity index is 1.46. The molecule has 8 nitrogen and oxygen atoms in total. The summed E-state index contributed by atoms with van der Waals surface area (Å²) in [5.41, 5.74) is 2.96. The quantitative estimate of drug-likeness (QED) is 0.298. The number of ether oxygens (including phenoxy) is 2. The van der Waals surface area contributed by atoms with E-state index in [0.717, 1.165) is 16.7 Å². The first-order valence-corrected chi connectivity index (χ1v) is 13.9. The van der Waals surface area contributed by atoms with Crippen LogP contribution in [0.15, 0.2) is 93.9 Å². The minimum absolute atomic E-state index is 0.196. The second-order valence-corrected chi connectivity index (χ2v) is 10.7. The van der Waals surface area contributed by atoms with E-state index in [2.05, 4.69) is 4.99 Å². The minimum Gasteiger partial charge on any atom is -0.489 e. The number of nitrogens with zero attached hydrogens (tertiary/aromatic N) is 2. The predicted octanol–water partition coefficient (Wildman–Crippen LogP) is 4.73. The number of hydrogen-bond acceptors (Lipinski definition) is 7. The molecule has 0 saturated carbocycles. The van der Waals surface area contributed by atoms with Crippen LogP contribution in [0.5, 0.6) is 5.75 Å². The molecule has 10 heteroatoms. The maximum Gasteiger partial charge on any atom is 0.338 e. The van der Waals surface area contributed by atoms with Crippen LogP contribution in [0.3, 0.4) is 0 Å². The van der Waals surface area contributed by atoms with E-state index >= 15 is 0 Å². The molecule has 0 fully saturated rings. The van der Waals surface area contributed by atoms with E-state index in [-0.39, 0.29) is 24.3 Å². The highest BCUT2D eigenvalue weighted by molar-refractivity contribution is 7.07.